The molecule has 0 bridgehead atoms. The molecule has 0 fully saturated rings. The summed E-state index contributed by atoms with van der Waals surface area (Å²) in [7, 11) is 1.65. The predicted octanol–water partition coefficient (Wildman–Crippen LogP) is 1.18. The van der Waals surface area contributed by atoms with E-state index in [1.54, 1.807) is 25.2 Å². The highest BCUT2D eigenvalue weighted by atomic mass is 16.5. The molecule has 0 spiro atoms. The summed E-state index contributed by atoms with van der Waals surface area (Å²) in [4.78, 5) is 15.2. The predicted molar refractivity (Wildman–Crippen MR) is 54.7 cm³/mol. The molecule has 0 atom stereocenters. The van der Waals surface area contributed by atoms with Crippen molar-refractivity contribution in [2.75, 3.05) is 0 Å². The average molecular weight is 217 g/mol. The second kappa shape index (κ2) is 3.06. The van der Waals surface area contributed by atoms with Crippen LogP contribution in [0.25, 0.3) is 22.5 Å². The fourth-order valence-corrected chi connectivity index (χ4v) is 1.56. The molecule has 80 valence electrons. The Morgan fingerprint density at radius 3 is 3.00 bits per heavy atom. The summed E-state index contributed by atoms with van der Waals surface area (Å²) in [6.45, 7) is 0. The smallest absolute Gasteiger partial charge is 0.408 e. The molecule has 6 heteroatoms. The molecular weight excluding hydrogens is 210 g/mol. The molecule has 0 N–H and O–H groups in total. The molecule has 3 aromatic rings. The van der Waals surface area contributed by atoms with Gasteiger partial charge in [-0.15, -0.1) is 0 Å². The van der Waals surface area contributed by atoms with Crippen molar-refractivity contribution in [2.24, 2.45) is 7.05 Å². The molecule has 0 aliphatic heterocycles. The SMILES string of the molecule is Cn1c(=O)oc2ccc(-c3ncon3)cc21. The third-order valence-corrected chi connectivity index (χ3v) is 2.41. The summed E-state index contributed by atoms with van der Waals surface area (Å²) in [5.74, 6) is 0.0933. The third kappa shape index (κ3) is 1.16. The molecule has 2 aromatic heterocycles. The van der Waals surface area contributed by atoms with E-state index in [4.69, 9.17) is 4.42 Å². The van der Waals surface area contributed by atoms with Crippen molar-refractivity contribution >= 4 is 11.1 Å². The van der Waals surface area contributed by atoms with E-state index >= 15 is 0 Å². The van der Waals surface area contributed by atoms with Crippen LogP contribution < -0.4 is 5.76 Å². The molecule has 0 aliphatic rings. The van der Waals surface area contributed by atoms with Gasteiger partial charge >= 0.3 is 5.76 Å². The number of nitrogens with zero attached hydrogens (tertiary/aromatic N) is 3. The fraction of sp³-hybridized carbons (Fsp3) is 0.100. The van der Waals surface area contributed by atoms with Gasteiger partial charge in [0.25, 0.3) is 0 Å². The van der Waals surface area contributed by atoms with Gasteiger partial charge in [-0.2, -0.15) is 4.98 Å². The molecule has 0 aliphatic carbocycles. The van der Waals surface area contributed by atoms with E-state index < -0.39 is 0 Å². The molecule has 6 nitrogen and oxygen atoms in total. The summed E-state index contributed by atoms with van der Waals surface area (Å²) < 4.78 is 11.1. The monoisotopic (exact) mass is 217 g/mol. The lowest BCUT2D eigenvalue weighted by Gasteiger charge is -1.95. The Balaban J connectivity index is 2.30. The van der Waals surface area contributed by atoms with E-state index in [2.05, 4.69) is 14.7 Å². The topological polar surface area (TPSA) is 74.1 Å². The maximum atomic E-state index is 11.3. The van der Waals surface area contributed by atoms with Gasteiger partial charge in [0.05, 0.1) is 5.52 Å². The van der Waals surface area contributed by atoms with Crippen molar-refractivity contribution < 1.29 is 8.94 Å². The highest BCUT2D eigenvalue weighted by Gasteiger charge is 2.09. The molecule has 2 heterocycles. The second-order valence-corrected chi connectivity index (χ2v) is 3.36. The first kappa shape index (κ1) is 8.90. The quantitative estimate of drug-likeness (QED) is 0.611. The standard InChI is InChI=1S/C10H7N3O3/c1-13-7-4-6(9-11-5-15-12-9)2-3-8(7)16-10(13)14/h2-5H,1H3. The highest BCUT2D eigenvalue weighted by Crippen LogP contribution is 2.20. The first-order valence-electron chi connectivity index (χ1n) is 4.62. The molecule has 0 saturated carbocycles. The maximum Gasteiger partial charge on any atom is 0.419 e. The molecule has 0 radical (unpaired) electrons. The van der Waals surface area contributed by atoms with Gasteiger partial charge in [-0.3, -0.25) is 4.57 Å². The number of hydrogen-bond acceptors (Lipinski definition) is 5. The van der Waals surface area contributed by atoms with Crippen LogP contribution in [0.5, 0.6) is 0 Å². The first-order valence-corrected chi connectivity index (χ1v) is 4.62. The number of rotatable bonds is 1. The lowest BCUT2D eigenvalue weighted by Crippen LogP contribution is -2.08. The van der Waals surface area contributed by atoms with Crippen LogP contribution >= 0.6 is 0 Å². The Labute approximate surface area is 89.1 Å². The number of hydrogen-bond donors (Lipinski definition) is 0. The van der Waals surface area contributed by atoms with Gasteiger partial charge < -0.3 is 8.94 Å². The van der Waals surface area contributed by atoms with Gasteiger partial charge in [0.2, 0.25) is 12.2 Å². The van der Waals surface area contributed by atoms with Gasteiger partial charge in [-0.25, -0.2) is 4.79 Å². The summed E-state index contributed by atoms with van der Waals surface area (Å²) >= 11 is 0. The number of aromatic nitrogens is 3. The van der Waals surface area contributed by atoms with E-state index in [1.807, 2.05) is 0 Å². The second-order valence-electron chi connectivity index (χ2n) is 3.36. The van der Waals surface area contributed by atoms with Crippen LogP contribution in [0.1, 0.15) is 0 Å². The Kier molecular flexibility index (Phi) is 1.70. The number of benzene rings is 1. The Bertz CT molecular complexity index is 694. The van der Waals surface area contributed by atoms with Crippen molar-refractivity contribution in [1.82, 2.24) is 14.7 Å². The number of aryl methyl sites for hydroxylation is 1. The van der Waals surface area contributed by atoms with Crippen LogP contribution in [-0.2, 0) is 7.05 Å². The van der Waals surface area contributed by atoms with Gasteiger partial charge in [-0.05, 0) is 18.2 Å². The normalized spacial score (nSPS) is 11.1. The van der Waals surface area contributed by atoms with Crippen LogP contribution in [0.3, 0.4) is 0 Å². The average Bonchev–Trinajstić information content (AvgIpc) is 2.89. The van der Waals surface area contributed by atoms with Crippen molar-refractivity contribution in [1.29, 1.82) is 0 Å². The van der Waals surface area contributed by atoms with Crippen LogP contribution in [0.2, 0.25) is 0 Å². The molecule has 0 unspecified atom stereocenters. The molecule has 16 heavy (non-hydrogen) atoms. The van der Waals surface area contributed by atoms with Crippen molar-refractivity contribution in [3.05, 3.63) is 35.1 Å². The summed E-state index contributed by atoms with van der Waals surface area (Å²) in [6, 6.07) is 5.27. The Hall–Kier alpha value is -2.37. The molecule has 1 aromatic carbocycles. The van der Waals surface area contributed by atoms with Crippen LogP contribution in [-0.4, -0.2) is 14.7 Å². The molecule has 0 saturated heterocycles. The van der Waals surface area contributed by atoms with Crippen molar-refractivity contribution in [2.45, 2.75) is 0 Å². The lowest BCUT2D eigenvalue weighted by atomic mass is 10.2. The molecular formula is C10H7N3O3. The van der Waals surface area contributed by atoms with Gasteiger partial charge in [0, 0.05) is 12.6 Å². The summed E-state index contributed by atoms with van der Waals surface area (Å²) in [5, 5.41) is 3.73. The number of fused-ring (bicyclic) bond motifs is 1. The zero-order chi connectivity index (χ0) is 11.1. The summed E-state index contributed by atoms with van der Waals surface area (Å²) in [5.41, 5.74) is 2.02. The Morgan fingerprint density at radius 2 is 2.25 bits per heavy atom. The van der Waals surface area contributed by atoms with Gasteiger partial charge in [0.15, 0.2) is 5.58 Å². The zero-order valence-electron chi connectivity index (χ0n) is 8.38. The van der Waals surface area contributed by atoms with E-state index in [1.165, 1.54) is 11.0 Å². The maximum absolute atomic E-state index is 11.3. The highest BCUT2D eigenvalue weighted by molar-refractivity contribution is 5.78. The zero-order valence-corrected chi connectivity index (χ0v) is 8.38. The van der Waals surface area contributed by atoms with E-state index in [0.29, 0.717) is 16.9 Å². The minimum absolute atomic E-state index is 0.389. The summed E-state index contributed by atoms with van der Waals surface area (Å²) in [6.07, 6.45) is 1.26. The first-order chi connectivity index (χ1) is 7.75. The van der Waals surface area contributed by atoms with Crippen LogP contribution in [0, 0.1) is 0 Å². The molecule has 0 amide bonds. The minimum atomic E-state index is -0.389. The minimum Gasteiger partial charge on any atom is -0.408 e. The number of oxazole rings is 1. The van der Waals surface area contributed by atoms with Gasteiger partial charge in [-0.1, -0.05) is 5.16 Å². The van der Waals surface area contributed by atoms with E-state index in [0.717, 1.165) is 5.56 Å². The largest absolute Gasteiger partial charge is 0.419 e. The van der Waals surface area contributed by atoms with E-state index in [9.17, 15) is 4.79 Å². The Morgan fingerprint density at radius 1 is 1.38 bits per heavy atom. The van der Waals surface area contributed by atoms with Crippen molar-refractivity contribution in [3.63, 3.8) is 0 Å². The third-order valence-electron chi connectivity index (χ3n) is 2.41. The fourth-order valence-electron chi connectivity index (χ4n) is 1.56. The lowest BCUT2D eigenvalue weighted by molar-refractivity contribution is 0.419. The van der Waals surface area contributed by atoms with Crippen molar-refractivity contribution in [3.8, 4) is 11.4 Å². The van der Waals surface area contributed by atoms with E-state index in [-0.39, 0.29) is 5.76 Å². The van der Waals surface area contributed by atoms with Crippen LogP contribution in [0.4, 0.5) is 0 Å². The van der Waals surface area contributed by atoms with Gasteiger partial charge in [0.1, 0.15) is 0 Å². The molecule has 3 rings (SSSR count). The van der Waals surface area contributed by atoms with Crippen LogP contribution in [0.15, 0.2) is 38.3 Å².